The summed E-state index contributed by atoms with van der Waals surface area (Å²) in [5.41, 5.74) is 2.32. The lowest BCUT2D eigenvalue weighted by atomic mass is 10.1. The van der Waals surface area contributed by atoms with E-state index >= 15 is 0 Å². The van der Waals surface area contributed by atoms with Crippen LogP contribution in [0.15, 0.2) is 36.4 Å². The van der Waals surface area contributed by atoms with Gasteiger partial charge < -0.3 is 15.1 Å². The van der Waals surface area contributed by atoms with Gasteiger partial charge in [-0.05, 0) is 62.4 Å². The Bertz CT molecular complexity index is 953. The number of anilines is 3. The van der Waals surface area contributed by atoms with Gasteiger partial charge in [-0.3, -0.25) is 14.9 Å². The second-order valence-corrected chi connectivity index (χ2v) is 8.23. The molecule has 0 atom stereocenters. The van der Waals surface area contributed by atoms with Gasteiger partial charge in [0.2, 0.25) is 0 Å². The summed E-state index contributed by atoms with van der Waals surface area (Å²) in [6, 6.07) is 10.1. The van der Waals surface area contributed by atoms with E-state index in [4.69, 9.17) is 11.6 Å². The zero-order chi connectivity index (χ0) is 21.1. The van der Waals surface area contributed by atoms with Crippen molar-refractivity contribution in [3.05, 3.63) is 57.1 Å². The fraction of sp³-hybridized carbons (Fsp3) is 0.409. The molecule has 30 heavy (non-hydrogen) atoms. The van der Waals surface area contributed by atoms with Crippen molar-refractivity contribution in [3.63, 3.8) is 0 Å². The molecule has 7 nitrogen and oxygen atoms in total. The molecule has 0 saturated carbocycles. The smallest absolute Gasteiger partial charge is 0.293 e. The lowest BCUT2D eigenvalue weighted by molar-refractivity contribution is -0.384. The highest BCUT2D eigenvalue weighted by atomic mass is 35.5. The van der Waals surface area contributed by atoms with Crippen LogP contribution in [0.25, 0.3) is 0 Å². The first-order valence-electron chi connectivity index (χ1n) is 10.4. The number of piperidine rings is 1. The number of benzene rings is 2. The molecule has 4 rings (SSSR count). The van der Waals surface area contributed by atoms with Crippen molar-refractivity contribution in [1.29, 1.82) is 0 Å². The van der Waals surface area contributed by atoms with Gasteiger partial charge in [-0.25, -0.2) is 0 Å². The number of carbonyl (C=O) groups excluding carboxylic acids is 1. The fourth-order valence-corrected chi connectivity index (χ4v) is 4.52. The van der Waals surface area contributed by atoms with Gasteiger partial charge in [0.15, 0.2) is 0 Å². The third-order valence-electron chi connectivity index (χ3n) is 5.78. The van der Waals surface area contributed by atoms with Gasteiger partial charge in [0.05, 0.1) is 15.6 Å². The van der Waals surface area contributed by atoms with Crippen molar-refractivity contribution in [2.45, 2.75) is 32.1 Å². The van der Waals surface area contributed by atoms with E-state index in [0.29, 0.717) is 16.4 Å². The first-order chi connectivity index (χ1) is 14.5. The number of nitrogens with one attached hydrogen (secondary N) is 1. The van der Waals surface area contributed by atoms with Crippen molar-refractivity contribution in [2.75, 3.05) is 41.3 Å². The first-order valence-corrected chi connectivity index (χ1v) is 10.8. The lowest BCUT2D eigenvalue weighted by Crippen LogP contribution is -2.29. The van der Waals surface area contributed by atoms with Crippen LogP contribution in [0, 0.1) is 10.1 Å². The number of hydrogen-bond donors (Lipinski definition) is 1. The van der Waals surface area contributed by atoms with Gasteiger partial charge in [-0.1, -0.05) is 11.6 Å². The molecule has 0 aromatic heterocycles. The summed E-state index contributed by atoms with van der Waals surface area (Å²) in [6.45, 7) is 3.57. The Morgan fingerprint density at radius 1 is 0.900 bits per heavy atom. The SMILES string of the molecule is O=C(Nc1ccc(N2CCCCC2)c(Cl)c1)c1ccc(N2CCCC2)c([N+](=O)[O-])c1. The van der Waals surface area contributed by atoms with E-state index in [9.17, 15) is 14.9 Å². The van der Waals surface area contributed by atoms with Crippen LogP contribution in [0.1, 0.15) is 42.5 Å². The highest BCUT2D eigenvalue weighted by Crippen LogP contribution is 2.33. The Labute approximate surface area is 180 Å². The summed E-state index contributed by atoms with van der Waals surface area (Å²) >= 11 is 6.46. The maximum absolute atomic E-state index is 12.7. The van der Waals surface area contributed by atoms with Crippen molar-refractivity contribution in [2.24, 2.45) is 0 Å². The Morgan fingerprint density at radius 2 is 1.50 bits per heavy atom. The van der Waals surface area contributed by atoms with Crippen LogP contribution in [0.5, 0.6) is 0 Å². The van der Waals surface area contributed by atoms with Crippen LogP contribution in [0.4, 0.5) is 22.7 Å². The van der Waals surface area contributed by atoms with Gasteiger partial charge >= 0.3 is 0 Å². The van der Waals surface area contributed by atoms with E-state index in [1.54, 1.807) is 18.2 Å². The van der Waals surface area contributed by atoms with Gasteiger partial charge in [0.1, 0.15) is 5.69 Å². The quantitative estimate of drug-likeness (QED) is 0.530. The Balaban J connectivity index is 1.51. The summed E-state index contributed by atoms with van der Waals surface area (Å²) in [7, 11) is 0. The van der Waals surface area contributed by atoms with Crippen molar-refractivity contribution in [3.8, 4) is 0 Å². The van der Waals surface area contributed by atoms with E-state index in [2.05, 4.69) is 10.2 Å². The molecule has 0 bridgehead atoms. The van der Waals surface area contributed by atoms with Gasteiger partial charge in [0.25, 0.3) is 11.6 Å². The number of nitrogens with zero attached hydrogens (tertiary/aromatic N) is 3. The molecule has 158 valence electrons. The van der Waals surface area contributed by atoms with Crippen molar-refractivity contribution >= 4 is 40.3 Å². The minimum Gasteiger partial charge on any atom is -0.370 e. The average Bonchev–Trinajstić information content (AvgIpc) is 3.29. The van der Waals surface area contributed by atoms with Crippen LogP contribution in [-0.4, -0.2) is 37.0 Å². The molecule has 2 aromatic carbocycles. The summed E-state index contributed by atoms with van der Waals surface area (Å²) in [5.74, 6) is -0.395. The highest BCUT2D eigenvalue weighted by molar-refractivity contribution is 6.33. The Kier molecular flexibility index (Phi) is 6.08. The number of carbonyl (C=O) groups is 1. The molecule has 0 spiro atoms. The minimum absolute atomic E-state index is 0.0389. The van der Waals surface area contributed by atoms with Gasteiger partial charge in [-0.15, -0.1) is 0 Å². The first kappa shape index (κ1) is 20.5. The number of amides is 1. The maximum atomic E-state index is 12.7. The largest absolute Gasteiger partial charge is 0.370 e. The van der Waals surface area contributed by atoms with Crippen LogP contribution in [-0.2, 0) is 0 Å². The van der Waals surface area contributed by atoms with E-state index in [-0.39, 0.29) is 11.3 Å². The number of halogens is 1. The molecular weight excluding hydrogens is 404 g/mol. The van der Waals surface area contributed by atoms with Crippen LogP contribution in [0.3, 0.4) is 0 Å². The van der Waals surface area contributed by atoms with E-state index in [0.717, 1.165) is 57.5 Å². The topological polar surface area (TPSA) is 78.7 Å². The van der Waals surface area contributed by atoms with Crippen molar-refractivity contribution in [1.82, 2.24) is 0 Å². The second-order valence-electron chi connectivity index (χ2n) is 7.82. The minimum atomic E-state index is -0.422. The van der Waals surface area contributed by atoms with Gasteiger partial charge in [-0.2, -0.15) is 0 Å². The summed E-state index contributed by atoms with van der Waals surface area (Å²) in [4.78, 5) is 28.1. The third-order valence-corrected chi connectivity index (χ3v) is 6.09. The molecule has 0 aliphatic carbocycles. The molecule has 2 aromatic rings. The summed E-state index contributed by atoms with van der Waals surface area (Å²) in [6.07, 6.45) is 5.59. The predicted molar refractivity (Wildman–Crippen MR) is 120 cm³/mol. The number of nitro groups is 1. The van der Waals surface area contributed by atoms with Crippen LogP contribution < -0.4 is 15.1 Å². The molecular formula is C22H25ClN4O3. The Morgan fingerprint density at radius 3 is 2.13 bits per heavy atom. The monoisotopic (exact) mass is 428 g/mol. The molecule has 2 fully saturated rings. The maximum Gasteiger partial charge on any atom is 0.293 e. The molecule has 1 amide bonds. The Hall–Kier alpha value is -2.80. The van der Waals surface area contributed by atoms with Crippen molar-refractivity contribution < 1.29 is 9.72 Å². The molecule has 0 unspecified atom stereocenters. The second kappa shape index (κ2) is 8.92. The number of hydrogen-bond acceptors (Lipinski definition) is 5. The molecule has 2 aliphatic rings. The lowest BCUT2D eigenvalue weighted by Gasteiger charge is -2.29. The average molecular weight is 429 g/mol. The predicted octanol–water partition coefficient (Wildman–Crippen LogP) is 5.09. The molecule has 2 saturated heterocycles. The summed E-state index contributed by atoms with van der Waals surface area (Å²) < 4.78 is 0. The molecule has 1 N–H and O–H groups in total. The van der Waals surface area contributed by atoms with E-state index in [1.807, 2.05) is 17.0 Å². The third kappa shape index (κ3) is 4.36. The summed E-state index contributed by atoms with van der Waals surface area (Å²) in [5, 5.41) is 15.0. The van der Waals surface area contributed by atoms with Crippen LogP contribution in [0.2, 0.25) is 5.02 Å². The highest BCUT2D eigenvalue weighted by Gasteiger charge is 2.24. The van der Waals surface area contributed by atoms with Crippen LogP contribution >= 0.6 is 11.6 Å². The normalized spacial score (nSPS) is 16.6. The van der Waals surface area contributed by atoms with E-state index in [1.165, 1.54) is 12.5 Å². The molecule has 8 heteroatoms. The fourth-order valence-electron chi connectivity index (χ4n) is 4.22. The zero-order valence-electron chi connectivity index (χ0n) is 16.8. The molecule has 0 radical (unpaired) electrons. The standard InChI is InChI=1S/C22H25ClN4O3/c23-18-15-17(7-9-19(18)25-10-2-1-3-11-25)24-22(28)16-6-8-20(21(14-16)27(29)30)26-12-4-5-13-26/h6-9,14-15H,1-5,10-13H2,(H,24,28). The van der Waals surface area contributed by atoms with E-state index < -0.39 is 10.8 Å². The number of rotatable bonds is 5. The number of nitro benzene ring substituents is 1. The van der Waals surface area contributed by atoms with Gasteiger partial charge in [0, 0.05) is 43.5 Å². The molecule has 2 heterocycles. The molecule has 2 aliphatic heterocycles. The zero-order valence-corrected chi connectivity index (χ0v) is 17.5.